The minimum absolute atomic E-state index is 0.291. The van der Waals surface area contributed by atoms with E-state index in [1.807, 2.05) is 36.4 Å². The molecule has 1 heterocycles. The summed E-state index contributed by atoms with van der Waals surface area (Å²) in [6, 6.07) is 20.3. The largest absolute Gasteiger partial charge is 0.387 e. The fraction of sp³-hybridized carbons (Fsp3) is 0.235. The second-order valence-corrected chi connectivity index (χ2v) is 5.34. The maximum absolute atomic E-state index is 5.65. The Morgan fingerprint density at radius 3 is 2.40 bits per heavy atom. The number of para-hydroxylation sites is 1. The molecule has 0 spiro atoms. The molecule has 1 atom stereocenters. The van der Waals surface area contributed by atoms with Gasteiger partial charge in [-0.2, -0.15) is 0 Å². The highest BCUT2D eigenvalue weighted by atomic mass is 16.7. The van der Waals surface area contributed by atoms with Crippen molar-refractivity contribution in [1.29, 1.82) is 0 Å². The average molecular weight is 266 g/mol. The van der Waals surface area contributed by atoms with Crippen LogP contribution in [0.1, 0.15) is 18.9 Å². The Bertz CT molecular complexity index is 595. The van der Waals surface area contributed by atoms with Crippen LogP contribution in [0, 0.1) is 0 Å². The van der Waals surface area contributed by atoms with Crippen molar-refractivity contribution in [2.45, 2.75) is 18.9 Å². The number of hydrogen-bond donors (Lipinski definition) is 1. The highest BCUT2D eigenvalue weighted by Crippen LogP contribution is 2.26. The summed E-state index contributed by atoms with van der Waals surface area (Å²) >= 11 is 0. The first-order valence-electron chi connectivity index (χ1n) is 6.85. The molecule has 0 fully saturated rings. The van der Waals surface area contributed by atoms with Crippen LogP contribution in [0.2, 0.25) is 0 Å². The molecule has 20 heavy (non-hydrogen) atoms. The Balaban J connectivity index is 1.62. The lowest BCUT2D eigenvalue weighted by molar-refractivity contribution is 0.00753. The summed E-state index contributed by atoms with van der Waals surface area (Å²) in [5.74, 6) is 0. The summed E-state index contributed by atoms with van der Waals surface area (Å²) in [5, 5.41) is 7.65. The highest BCUT2D eigenvalue weighted by molar-refractivity contribution is 6.01. The smallest absolute Gasteiger partial charge is 0.157 e. The van der Waals surface area contributed by atoms with E-state index >= 15 is 0 Å². The minimum atomic E-state index is -0.291. The van der Waals surface area contributed by atoms with Crippen LogP contribution in [-0.2, 0) is 4.84 Å². The summed E-state index contributed by atoms with van der Waals surface area (Å²) in [5.41, 5.74) is 2.96. The Labute approximate surface area is 119 Å². The molecule has 0 amide bonds. The van der Waals surface area contributed by atoms with E-state index in [1.165, 1.54) is 0 Å². The van der Waals surface area contributed by atoms with Gasteiger partial charge in [0.15, 0.2) is 5.60 Å². The third kappa shape index (κ3) is 2.82. The van der Waals surface area contributed by atoms with E-state index in [0.29, 0.717) is 0 Å². The molecule has 0 aliphatic carbocycles. The fourth-order valence-corrected chi connectivity index (χ4v) is 2.31. The number of oxime groups is 1. The predicted molar refractivity (Wildman–Crippen MR) is 82.0 cm³/mol. The van der Waals surface area contributed by atoms with E-state index in [-0.39, 0.29) is 5.60 Å². The van der Waals surface area contributed by atoms with E-state index in [1.54, 1.807) is 0 Å². The molecule has 1 aliphatic rings. The normalized spacial score (nSPS) is 21.1. The average Bonchev–Trinajstić information content (AvgIpc) is 2.90. The van der Waals surface area contributed by atoms with Crippen molar-refractivity contribution in [3.63, 3.8) is 0 Å². The molecule has 3 rings (SSSR count). The SMILES string of the molecule is CC1(CNc2ccccc2)CC(c2ccccc2)=NO1. The number of hydrogen-bond acceptors (Lipinski definition) is 3. The standard InChI is InChI=1S/C17H18N2O/c1-17(13-18-15-10-6-3-7-11-15)12-16(19-20-17)14-8-4-2-5-9-14/h2-11,18H,12-13H2,1H3. The molecule has 0 saturated heterocycles. The first-order chi connectivity index (χ1) is 9.75. The van der Waals surface area contributed by atoms with Crippen LogP contribution in [0.4, 0.5) is 5.69 Å². The molecule has 3 heteroatoms. The van der Waals surface area contributed by atoms with Crippen LogP contribution in [0.25, 0.3) is 0 Å². The van der Waals surface area contributed by atoms with Gasteiger partial charge in [0, 0.05) is 12.1 Å². The van der Waals surface area contributed by atoms with Gasteiger partial charge in [-0.15, -0.1) is 0 Å². The molecule has 1 N–H and O–H groups in total. The quantitative estimate of drug-likeness (QED) is 0.915. The molecule has 0 aromatic heterocycles. The molecular formula is C17H18N2O. The topological polar surface area (TPSA) is 33.6 Å². The Hall–Kier alpha value is -2.29. The van der Waals surface area contributed by atoms with E-state index in [4.69, 9.17) is 4.84 Å². The van der Waals surface area contributed by atoms with Crippen molar-refractivity contribution >= 4 is 11.4 Å². The Morgan fingerprint density at radius 2 is 1.70 bits per heavy atom. The molecule has 1 aliphatic heterocycles. The van der Waals surface area contributed by atoms with Crippen LogP contribution in [-0.4, -0.2) is 17.9 Å². The summed E-state index contributed by atoms with van der Waals surface area (Å²) in [6.45, 7) is 2.82. The van der Waals surface area contributed by atoms with E-state index in [9.17, 15) is 0 Å². The molecule has 1 unspecified atom stereocenters. The van der Waals surface area contributed by atoms with Gasteiger partial charge >= 0.3 is 0 Å². The van der Waals surface area contributed by atoms with Crippen LogP contribution in [0.15, 0.2) is 65.8 Å². The first kappa shape index (κ1) is 12.7. The number of benzene rings is 2. The van der Waals surface area contributed by atoms with Crippen LogP contribution in [0.5, 0.6) is 0 Å². The van der Waals surface area contributed by atoms with Gasteiger partial charge in [-0.25, -0.2) is 0 Å². The van der Waals surface area contributed by atoms with Gasteiger partial charge in [-0.1, -0.05) is 53.7 Å². The number of anilines is 1. The van der Waals surface area contributed by atoms with E-state index in [2.05, 4.69) is 41.7 Å². The lowest BCUT2D eigenvalue weighted by Gasteiger charge is -2.22. The zero-order valence-corrected chi connectivity index (χ0v) is 11.5. The van der Waals surface area contributed by atoms with Gasteiger partial charge in [-0.05, 0) is 24.6 Å². The highest BCUT2D eigenvalue weighted by Gasteiger charge is 2.34. The van der Waals surface area contributed by atoms with Crippen LogP contribution in [0.3, 0.4) is 0 Å². The van der Waals surface area contributed by atoms with Gasteiger partial charge < -0.3 is 10.2 Å². The molecule has 0 bridgehead atoms. The lowest BCUT2D eigenvalue weighted by atomic mass is 9.96. The maximum Gasteiger partial charge on any atom is 0.157 e. The van der Waals surface area contributed by atoms with Crippen LogP contribution >= 0.6 is 0 Å². The van der Waals surface area contributed by atoms with E-state index < -0.39 is 0 Å². The van der Waals surface area contributed by atoms with Gasteiger partial charge in [-0.3, -0.25) is 0 Å². The van der Waals surface area contributed by atoms with Crippen molar-refractivity contribution in [2.75, 3.05) is 11.9 Å². The molecule has 2 aromatic rings. The third-order valence-electron chi connectivity index (χ3n) is 3.46. The van der Waals surface area contributed by atoms with Gasteiger partial charge in [0.05, 0.1) is 12.3 Å². The third-order valence-corrected chi connectivity index (χ3v) is 3.46. The van der Waals surface area contributed by atoms with E-state index in [0.717, 1.165) is 29.9 Å². The zero-order valence-electron chi connectivity index (χ0n) is 11.5. The van der Waals surface area contributed by atoms with Crippen molar-refractivity contribution in [2.24, 2.45) is 5.16 Å². The zero-order chi connectivity index (χ0) is 13.8. The summed E-state index contributed by atoms with van der Waals surface area (Å²) in [6.07, 6.45) is 0.816. The lowest BCUT2D eigenvalue weighted by Crippen LogP contribution is -2.33. The molecule has 0 saturated carbocycles. The Morgan fingerprint density at radius 1 is 1.05 bits per heavy atom. The summed E-state index contributed by atoms with van der Waals surface area (Å²) < 4.78 is 0. The predicted octanol–water partition coefficient (Wildman–Crippen LogP) is 3.68. The summed E-state index contributed by atoms with van der Waals surface area (Å²) in [7, 11) is 0. The molecule has 2 aromatic carbocycles. The summed E-state index contributed by atoms with van der Waals surface area (Å²) in [4.78, 5) is 5.65. The molecule has 0 radical (unpaired) electrons. The fourth-order valence-electron chi connectivity index (χ4n) is 2.31. The molecule has 3 nitrogen and oxygen atoms in total. The van der Waals surface area contributed by atoms with Crippen molar-refractivity contribution in [3.05, 3.63) is 66.2 Å². The van der Waals surface area contributed by atoms with Crippen molar-refractivity contribution < 1.29 is 4.84 Å². The second kappa shape index (κ2) is 5.37. The number of rotatable bonds is 4. The molecular weight excluding hydrogens is 248 g/mol. The second-order valence-electron chi connectivity index (χ2n) is 5.34. The first-order valence-corrected chi connectivity index (χ1v) is 6.85. The van der Waals surface area contributed by atoms with Crippen molar-refractivity contribution in [1.82, 2.24) is 0 Å². The molecule has 102 valence electrons. The minimum Gasteiger partial charge on any atom is -0.387 e. The van der Waals surface area contributed by atoms with Crippen LogP contribution < -0.4 is 5.32 Å². The maximum atomic E-state index is 5.65. The number of nitrogens with zero attached hydrogens (tertiary/aromatic N) is 1. The van der Waals surface area contributed by atoms with Gasteiger partial charge in [0.25, 0.3) is 0 Å². The number of nitrogens with one attached hydrogen (secondary N) is 1. The monoisotopic (exact) mass is 266 g/mol. The van der Waals surface area contributed by atoms with Gasteiger partial charge in [0.1, 0.15) is 0 Å². The van der Waals surface area contributed by atoms with Gasteiger partial charge in [0.2, 0.25) is 0 Å². The Kier molecular flexibility index (Phi) is 3.42. The van der Waals surface area contributed by atoms with Crippen molar-refractivity contribution in [3.8, 4) is 0 Å².